The van der Waals surface area contributed by atoms with Gasteiger partial charge in [-0.2, -0.15) is 0 Å². The van der Waals surface area contributed by atoms with E-state index in [1.54, 1.807) is 12.1 Å². The Hall–Kier alpha value is -3.21. The Morgan fingerprint density at radius 3 is 1.81 bits per heavy atom. The van der Waals surface area contributed by atoms with E-state index in [-0.39, 0.29) is 11.5 Å². The Morgan fingerprint density at radius 2 is 1.37 bits per heavy atom. The number of carbonyl (C=O) groups excluding carboxylic acids is 1. The maximum absolute atomic E-state index is 12.8. The summed E-state index contributed by atoms with van der Waals surface area (Å²) in [6.45, 7) is 0. The van der Waals surface area contributed by atoms with E-state index < -0.39 is 4.92 Å². The second-order valence-electron chi connectivity index (χ2n) is 6.86. The molecule has 0 heterocycles. The normalized spacial score (nSPS) is 17.3. The van der Waals surface area contributed by atoms with E-state index in [9.17, 15) is 14.9 Å². The van der Waals surface area contributed by atoms with Crippen molar-refractivity contribution in [2.75, 3.05) is 19.0 Å². The molecule has 0 aliphatic heterocycles. The third-order valence-electron chi connectivity index (χ3n) is 4.67. The number of nitrogens with zero attached hydrogens (tertiary/aromatic N) is 2. The van der Waals surface area contributed by atoms with Crippen LogP contribution in [-0.4, -0.2) is 24.8 Å². The lowest BCUT2D eigenvalue weighted by Crippen LogP contribution is -2.12. The van der Waals surface area contributed by atoms with Gasteiger partial charge in [-0.25, -0.2) is 0 Å². The van der Waals surface area contributed by atoms with Gasteiger partial charge in [0.15, 0.2) is 5.78 Å². The van der Waals surface area contributed by atoms with Gasteiger partial charge in [0, 0.05) is 43.1 Å². The molecule has 1 aliphatic carbocycles. The smallest absolute Gasteiger partial charge is 0.269 e. The number of nitro groups is 1. The monoisotopic (exact) mass is 362 g/mol. The first-order valence-electron chi connectivity index (χ1n) is 8.92. The van der Waals surface area contributed by atoms with Crippen LogP contribution in [0.2, 0.25) is 0 Å². The number of ketones is 1. The van der Waals surface area contributed by atoms with Crippen molar-refractivity contribution < 1.29 is 9.72 Å². The van der Waals surface area contributed by atoms with Gasteiger partial charge in [0.2, 0.25) is 0 Å². The van der Waals surface area contributed by atoms with E-state index in [2.05, 4.69) is 0 Å². The maximum atomic E-state index is 12.8. The highest BCUT2D eigenvalue weighted by Gasteiger charge is 2.20. The molecule has 27 heavy (non-hydrogen) atoms. The van der Waals surface area contributed by atoms with Crippen LogP contribution in [0.5, 0.6) is 0 Å². The SMILES string of the molecule is CN(C)c1ccc(/C=C2\CCC/C(=C/c3ccc([N+](=O)[O-])cc3)C2=O)cc1. The number of anilines is 1. The first-order valence-corrected chi connectivity index (χ1v) is 8.92. The molecule has 138 valence electrons. The first kappa shape index (κ1) is 18.6. The lowest BCUT2D eigenvalue weighted by molar-refractivity contribution is -0.384. The summed E-state index contributed by atoms with van der Waals surface area (Å²) in [5.74, 6) is 0.0660. The summed E-state index contributed by atoms with van der Waals surface area (Å²) < 4.78 is 0. The van der Waals surface area contributed by atoms with Crippen molar-refractivity contribution >= 4 is 29.3 Å². The van der Waals surface area contributed by atoms with Gasteiger partial charge >= 0.3 is 0 Å². The molecule has 1 saturated carbocycles. The zero-order chi connectivity index (χ0) is 19.4. The third-order valence-corrected chi connectivity index (χ3v) is 4.67. The Bertz CT molecular complexity index is 908. The van der Waals surface area contributed by atoms with Crippen LogP contribution in [0.25, 0.3) is 12.2 Å². The second-order valence-corrected chi connectivity index (χ2v) is 6.86. The number of carbonyl (C=O) groups is 1. The van der Waals surface area contributed by atoms with Crippen molar-refractivity contribution in [2.45, 2.75) is 19.3 Å². The summed E-state index contributed by atoms with van der Waals surface area (Å²) in [4.78, 5) is 25.2. The van der Waals surface area contributed by atoms with Crippen LogP contribution in [0.4, 0.5) is 11.4 Å². The van der Waals surface area contributed by atoms with Crippen molar-refractivity contribution in [3.05, 3.63) is 80.9 Å². The van der Waals surface area contributed by atoms with Crippen molar-refractivity contribution in [3.63, 3.8) is 0 Å². The molecule has 0 radical (unpaired) electrons. The van der Waals surface area contributed by atoms with E-state index in [0.29, 0.717) is 0 Å². The summed E-state index contributed by atoms with van der Waals surface area (Å²) in [5.41, 5.74) is 4.55. The summed E-state index contributed by atoms with van der Waals surface area (Å²) in [7, 11) is 3.99. The number of rotatable bonds is 4. The minimum Gasteiger partial charge on any atom is -0.378 e. The first-order chi connectivity index (χ1) is 12.9. The highest BCUT2D eigenvalue weighted by atomic mass is 16.6. The van der Waals surface area contributed by atoms with Crippen molar-refractivity contribution in [1.29, 1.82) is 0 Å². The molecule has 5 heteroatoms. The third kappa shape index (κ3) is 4.50. The average Bonchev–Trinajstić information content (AvgIpc) is 2.66. The van der Waals surface area contributed by atoms with Crippen LogP contribution in [0, 0.1) is 10.1 Å². The summed E-state index contributed by atoms with van der Waals surface area (Å²) in [5, 5.41) is 10.8. The van der Waals surface area contributed by atoms with Gasteiger partial charge in [-0.3, -0.25) is 14.9 Å². The second kappa shape index (κ2) is 7.99. The van der Waals surface area contributed by atoms with Crippen LogP contribution in [0.1, 0.15) is 30.4 Å². The molecule has 0 spiro atoms. The fourth-order valence-electron chi connectivity index (χ4n) is 3.14. The van der Waals surface area contributed by atoms with Crippen molar-refractivity contribution in [1.82, 2.24) is 0 Å². The molecule has 0 bridgehead atoms. The fraction of sp³-hybridized carbons (Fsp3) is 0.227. The summed E-state index contributed by atoms with van der Waals surface area (Å²) in [6, 6.07) is 14.4. The van der Waals surface area contributed by atoms with Gasteiger partial charge in [-0.05, 0) is 66.8 Å². The molecule has 5 nitrogen and oxygen atoms in total. The van der Waals surface area contributed by atoms with E-state index in [1.807, 2.05) is 55.4 Å². The molecule has 0 unspecified atom stereocenters. The van der Waals surface area contributed by atoms with Crippen LogP contribution >= 0.6 is 0 Å². The zero-order valence-corrected chi connectivity index (χ0v) is 15.5. The minimum absolute atomic E-state index is 0.0499. The summed E-state index contributed by atoms with van der Waals surface area (Å²) >= 11 is 0. The number of non-ortho nitro benzene ring substituents is 1. The molecule has 2 aromatic rings. The lowest BCUT2D eigenvalue weighted by Gasteiger charge is -2.17. The maximum Gasteiger partial charge on any atom is 0.269 e. The standard InChI is InChI=1S/C22H22N2O3/c1-23(2)20-10-6-16(7-11-20)14-18-4-3-5-19(22(18)25)15-17-8-12-21(13-9-17)24(26)27/h6-15H,3-5H2,1-2H3/b18-14+,19-15-. The van der Waals surface area contributed by atoms with Crippen LogP contribution in [-0.2, 0) is 4.79 Å². The molecule has 2 aromatic carbocycles. The number of nitro benzene ring substituents is 1. The summed E-state index contributed by atoms with van der Waals surface area (Å²) in [6.07, 6.45) is 6.23. The number of benzene rings is 2. The van der Waals surface area contributed by atoms with Gasteiger partial charge in [-0.1, -0.05) is 12.1 Å². The molecular formula is C22H22N2O3. The molecule has 0 N–H and O–H groups in total. The zero-order valence-electron chi connectivity index (χ0n) is 15.5. The largest absolute Gasteiger partial charge is 0.378 e. The van der Waals surface area contributed by atoms with Crippen LogP contribution in [0.15, 0.2) is 59.7 Å². The molecule has 1 aliphatic rings. The predicted molar refractivity (Wildman–Crippen MR) is 109 cm³/mol. The van der Waals surface area contributed by atoms with Crippen LogP contribution in [0.3, 0.4) is 0 Å². The number of hydrogen-bond donors (Lipinski definition) is 0. The van der Waals surface area contributed by atoms with E-state index in [0.717, 1.165) is 47.2 Å². The highest BCUT2D eigenvalue weighted by molar-refractivity contribution is 6.13. The van der Waals surface area contributed by atoms with Crippen molar-refractivity contribution in [3.8, 4) is 0 Å². The Labute approximate surface area is 158 Å². The Balaban J connectivity index is 1.81. The molecule has 0 aromatic heterocycles. The van der Waals surface area contributed by atoms with Crippen molar-refractivity contribution in [2.24, 2.45) is 0 Å². The average molecular weight is 362 g/mol. The quantitative estimate of drug-likeness (QED) is 0.442. The van der Waals surface area contributed by atoms with Gasteiger partial charge < -0.3 is 4.90 Å². The minimum atomic E-state index is -0.425. The predicted octanol–water partition coefficient (Wildman–Crippen LogP) is 4.88. The Morgan fingerprint density at radius 1 is 0.889 bits per heavy atom. The van der Waals surface area contributed by atoms with Gasteiger partial charge in [0.05, 0.1) is 4.92 Å². The van der Waals surface area contributed by atoms with E-state index >= 15 is 0 Å². The molecule has 0 amide bonds. The molecule has 3 rings (SSSR count). The van der Waals surface area contributed by atoms with Crippen LogP contribution < -0.4 is 4.90 Å². The van der Waals surface area contributed by atoms with E-state index in [1.165, 1.54) is 12.1 Å². The molecule has 0 saturated heterocycles. The number of Topliss-reactive ketones (excluding diaryl/α,β-unsaturated/α-hetero) is 1. The number of hydrogen-bond acceptors (Lipinski definition) is 4. The molecule has 0 atom stereocenters. The topological polar surface area (TPSA) is 63.4 Å². The fourth-order valence-corrected chi connectivity index (χ4v) is 3.14. The molecule has 1 fully saturated rings. The molecular weight excluding hydrogens is 340 g/mol. The lowest BCUT2D eigenvalue weighted by atomic mass is 9.87. The van der Waals surface area contributed by atoms with Gasteiger partial charge in [0.25, 0.3) is 5.69 Å². The number of allylic oxidation sites excluding steroid dienone is 2. The Kier molecular flexibility index (Phi) is 5.50. The van der Waals surface area contributed by atoms with Gasteiger partial charge in [0.1, 0.15) is 0 Å². The highest BCUT2D eigenvalue weighted by Crippen LogP contribution is 2.28. The van der Waals surface area contributed by atoms with Gasteiger partial charge in [-0.15, -0.1) is 0 Å². The van der Waals surface area contributed by atoms with E-state index in [4.69, 9.17) is 0 Å².